The van der Waals surface area contributed by atoms with Gasteiger partial charge in [-0.05, 0) is 18.8 Å². The molecule has 84 valence electrons. The van der Waals surface area contributed by atoms with Crippen LogP contribution in [0.3, 0.4) is 0 Å². The zero-order valence-electron chi connectivity index (χ0n) is 8.85. The van der Waals surface area contributed by atoms with Gasteiger partial charge in [-0.25, -0.2) is 0 Å². The van der Waals surface area contributed by atoms with Crippen LogP contribution in [0.2, 0.25) is 0 Å². The first-order valence-corrected chi connectivity index (χ1v) is 5.28. The van der Waals surface area contributed by atoms with Gasteiger partial charge < -0.3 is 14.4 Å². The zero-order chi connectivity index (χ0) is 10.7. The lowest BCUT2D eigenvalue weighted by Crippen LogP contribution is -2.12. The SMILES string of the molecule is COCCc1noc(CC(O)C2CC2)n1. The molecule has 0 saturated heterocycles. The molecule has 1 fully saturated rings. The highest BCUT2D eigenvalue weighted by Gasteiger charge is 2.30. The van der Waals surface area contributed by atoms with Crippen molar-refractivity contribution in [1.29, 1.82) is 0 Å². The van der Waals surface area contributed by atoms with E-state index in [0.717, 1.165) is 12.8 Å². The fourth-order valence-electron chi connectivity index (χ4n) is 1.49. The summed E-state index contributed by atoms with van der Waals surface area (Å²) in [5.41, 5.74) is 0. The van der Waals surface area contributed by atoms with E-state index >= 15 is 0 Å². The van der Waals surface area contributed by atoms with Crippen molar-refractivity contribution in [3.05, 3.63) is 11.7 Å². The first-order chi connectivity index (χ1) is 7.29. The van der Waals surface area contributed by atoms with Gasteiger partial charge >= 0.3 is 0 Å². The van der Waals surface area contributed by atoms with E-state index in [1.54, 1.807) is 7.11 Å². The molecule has 2 rings (SSSR count). The molecule has 5 heteroatoms. The number of aliphatic hydroxyl groups is 1. The molecule has 1 heterocycles. The normalized spacial score (nSPS) is 18.0. The first-order valence-electron chi connectivity index (χ1n) is 5.28. The smallest absolute Gasteiger partial charge is 0.229 e. The minimum absolute atomic E-state index is 0.319. The molecular formula is C10H16N2O3. The van der Waals surface area contributed by atoms with E-state index in [0.29, 0.717) is 37.1 Å². The lowest BCUT2D eigenvalue weighted by atomic mass is 10.2. The average molecular weight is 212 g/mol. The van der Waals surface area contributed by atoms with Crippen LogP contribution >= 0.6 is 0 Å². The molecule has 15 heavy (non-hydrogen) atoms. The van der Waals surface area contributed by atoms with Crippen LogP contribution < -0.4 is 0 Å². The highest BCUT2D eigenvalue weighted by molar-refractivity contribution is 4.92. The van der Waals surface area contributed by atoms with Crippen molar-refractivity contribution in [2.45, 2.75) is 31.8 Å². The summed E-state index contributed by atoms with van der Waals surface area (Å²) in [7, 11) is 1.64. The van der Waals surface area contributed by atoms with E-state index in [2.05, 4.69) is 10.1 Å². The summed E-state index contributed by atoms with van der Waals surface area (Å²) in [4.78, 5) is 4.18. The Morgan fingerprint density at radius 3 is 3.07 bits per heavy atom. The van der Waals surface area contributed by atoms with Crippen molar-refractivity contribution in [3.63, 3.8) is 0 Å². The molecule has 1 unspecified atom stereocenters. The fourth-order valence-corrected chi connectivity index (χ4v) is 1.49. The Morgan fingerprint density at radius 1 is 1.60 bits per heavy atom. The lowest BCUT2D eigenvalue weighted by molar-refractivity contribution is 0.140. The quantitative estimate of drug-likeness (QED) is 0.746. The molecule has 1 aliphatic rings. The molecule has 1 aliphatic carbocycles. The summed E-state index contributed by atoms with van der Waals surface area (Å²) in [6.45, 7) is 0.587. The molecule has 0 aliphatic heterocycles. The fraction of sp³-hybridized carbons (Fsp3) is 0.800. The molecule has 0 aromatic carbocycles. The van der Waals surface area contributed by atoms with Crippen LogP contribution in [-0.4, -0.2) is 35.1 Å². The Kier molecular flexibility index (Phi) is 3.33. The molecule has 1 N–H and O–H groups in total. The summed E-state index contributed by atoms with van der Waals surface area (Å²) in [6, 6.07) is 0. The number of aliphatic hydroxyl groups excluding tert-OH is 1. The second kappa shape index (κ2) is 4.72. The van der Waals surface area contributed by atoms with Gasteiger partial charge in [0.2, 0.25) is 5.89 Å². The molecule has 1 aromatic heterocycles. The molecule has 1 atom stereocenters. The second-order valence-electron chi connectivity index (χ2n) is 3.96. The number of aromatic nitrogens is 2. The number of hydrogen-bond donors (Lipinski definition) is 1. The summed E-state index contributed by atoms with van der Waals surface area (Å²) >= 11 is 0. The topological polar surface area (TPSA) is 68.4 Å². The molecule has 0 bridgehead atoms. The standard InChI is InChI=1S/C10H16N2O3/c1-14-5-4-9-11-10(15-12-9)6-8(13)7-2-3-7/h7-8,13H,2-6H2,1H3. The van der Waals surface area contributed by atoms with Gasteiger partial charge in [-0.1, -0.05) is 5.16 Å². The molecule has 0 spiro atoms. The largest absolute Gasteiger partial charge is 0.392 e. The predicted octanol–water partition coefficient (Wildman–Crippen LogP) is 0.572. The van der Waals surface area contributed by atoms with E-state index in [1.165, 1.54) is 0 Å². The van der Waals surface area contributed by atoms with E-state index in [-0.39, 0.29) is 6.10 Å². The second-order valence-corrected chi connectivity index (χ2v) is 3.96. The van der Waals surface area contributed by atoms with Gasteiger partial charge in [0.25, 0.3) is 0 Å². The third-order valence-corrected chi connectivity index (χ3v) is 2.59. The van der Waals surface area contributed by atoms with Crippen LogP contribution in [0.4, 0.5) is 0 Å². The Morgan fingerprint density at radius 2 is 2.40 bits per heavy atom. The maximum absolute atomic E-state index is 9.68. The van der Waals surface area contributed by atoms with Gasteiger partial charge in [-0.2, -0.15) is 4.98 Å². The third-order valence-electron chi connectivity index (χ3n) is 2.59. The highest BCUT2D eigenvalue weighted by atomic mass is 16.5. The van der Waals surface area contributed by atoms with Crippen LogP contribution in [0, 0.1) is 5.92 Å². The Hall–Kier alpha value is -0.940. The zero-order valence-corrected chi connectivity index (χ0v) is 8.85. The molecule has 0 radical (unpaired) electrons. The van der Waals surface area contributed by atoms with E-state index < -0.39 is 0 Å². The summed E-state index contributed by atoms with van der Waals surface area (Å²) in [6.07, 6.45) is 3.04. The van der Waals surface area contributed by atoms with Crippen LogP contribution in [0.25, 0.3) is 0 Å². The Bertz CT molecular complexity index is 309. The summed E-state index contributed by atoms with van der Waals surface area (Å²) in [5, 5.41) is 13.5. The molecular weight excluding hydrogens is 196 g/mol. The molecule has 0 amide bonds. The lowest BCUT2D eigenvalue weighted by Gasteiger charge is -2.03. The van der Waals surface area contributed by atoms with Crippen LogP contribution in [-0.2, 0) is 17.6 Å². The van der Waals surface area contributed by atoms with Gasteiger partial charge in [0.05, 0.1) is 19.1 Å². The van der Waals surface area contributed by atoms with Crippen molar-refractivity contribution in [1.82, 2.24) is 10.1 Å². The summed E-state index contributed by atoms with van der Waals surface area (Å²) in [5.74, 6) is 1.62. The maximum atomic E-state index is 9.68. The minimum atomic E-state index is -0.319. The average Bonchev–Trinajstić information content (AvgIpc) is 2.99. The van der Waals surface area contributed by atoms with Crippen molar-refractivity contribution >= 4 is 0 Å². The molecule has 1 aromatic rings. The monoisotopic (exact) mass is 212 g/mol. The van der Waals surface area contributed by atoms with Crippen molar-refractivity contribution in [2.24, 2.45) is 5.92 Å². The Balaban J connectivity index is 1.83. The van der Waals surface area contributed by atoms with Crippen LogP contribution in [0.5, 0.6) is 0 Å². The molecule has 5 nitrogen and oxygen atoms in total. The maximum Gasteiger partial charge on any atom is 0.229 e. The van der Waals surface area contributed by atoms with Gasteiger partial charge in [0, 0.05) is 13.5 Å². The number of hydrogen-bond acceptors (Lipinski definition) is 5. The number of nitrogens with zero attached hydrogens (tertiary/aromatic N) is 2. The molecule has 1 saturated carbocycles. The van der Waals surface area contributed by atoms with E-state index in [4.69, 9.17) is 9.26 Å². The predicted molar refractivity (Wildman–Crippen MR) is 52.3 cm³/mol. The first kappa shape index (κ1) is 10.6. The van der Waals surface area contributed by atoms with Crippen LogP contribution in [0.15, 0.2) is 4.52 Å². The van der Waals surface area contributed by atoms with Gasteiger partial charge in [0.1, 0.15) is 0 Å². The third kappa shape index (κ3) is 3.00. The number of ether oxygens (including phenoxy) is 1. The van der Waals surface area contributed by atoms with Crippen molar-refractivity contribution in [2.75, 3.05) is 13.7 Å². The minimum Gasteiger partial charge on any atom is -0.392 e. The number of rotatable bonds is 6. The van der Waals surface area contributed by atoms with Crippen molar-refractivity contribution in [3.8, 4) is 0 Å². The van der Waals surface area contributed by atoms with E-state index in [1.807, 2.05) is 0 Å². The summed E-state index contributed by atoms with van der Waals surface area (Å²) < 4.78 is 9.95. The Labute approximate surface area is 88.4 Å². The van der Waals surface area contributed by atoms with Crippen LogP contribution in [0.1, 0.15) is 24.6 Å². The number of methoxy groups -OCH3 is 1. The van der Waals surface area contributed by atoms with Gasteiger partial charge in [-0.3, -0.25) is 0 Å². The highest BCUT2D eigenvalue weighted by Crippen LogP contribution is 2.33. The van der Waals surface area contributed by atoms with Crippen molar-refractivity contribution < 1.29 is 14.4 Å². The van der Waals surface area contributed by atoms with E-state index in [9.17, 15) is 5.11 Å². The van der Waals surface area contributed by atoms with Gasteiger partial charge in [0.15, 0.2) is 5.82 Å². The van der Waals surface area contributed by atoms with Gasteiger partial charge in [-0.15, -0.1) is 0 Å².